The summed E-state index contributed by atoms with van der Waals surface area (Å²) in [6.07, 6.45) is 1.61. The molecule has 1 N–H and O–H groups in total. The standard InChI is InChI=1S/C19H16ClF2N3OS/c20-14-9-13(4-5-15(14)22)23-18(26)11-2-1-7-25(10-11)19-24-16-6-3-12(21)8-17(16)27-19/h3-6,8-9,11H,1-2,7,10H2,(H,23,26). The van der Waals surface area contributed by atoms with Crippen LogP contribution in [0, 0.1) is 17.6 Å². The molecule has 0 radical (unpaired) electrons. The van der Waals surface area contributed by atoms with Gasteiger partial charge in [-0.25, -0.2) is 13.8 Å². The Balaban J connectivity index is 1.48. The van der Waals surface area contributed by atoms with Crippen molar-refractivity contribution in [1.29, 1.82) is 0 Å². The van der Waals surface area contributed by atoms with Crippen LogP contribution < -0.4 is 10.2 Å². The molecule has 27 heavy (non-hydrogen) atoms. The maximum atomic E-state index is 13.4. The number of thiazole rings is 1. The Morgan fingerprint density at radius 2 is 2.11 bits per heavy atom. The van der Waals surface area contributed by atoms with Gasteiger partial charge in [0.25, 0.3) is 0 Å². The van der Waals surface area contributed by atoms with Crippen LogP contribution >= 0.6 is 22.9 Å². The first-order chi connectivity index (χ1) is 13.0. The topological polar surface area (TPSA) is 45.2 Å². The van der Waals surface area contributed by atoms with Gasteiger partial charge in [0.05, 0.1) is 21.2 Å². The number of anilines is 2. The van der Waals surface area contributed by atoms with E-state index in [1.807, 2.05) is 0 Å². The lowest BCUT2D eigenvalue weighted by Gasteiger charge is -2.31. The van der Waals surface area contributed by atoms with Crippen molar-refractivity contribution in [3.05, 3.63) is 53.1 Å². The second-order valence-corrected chi connectivity index (χ2v) is 7.93. The smallest absolute Gasteiger partial charge is 0.229 e. The predicted molar refractivity (Wildman–Crippen MR) is 105 cm³/mol. The first-order valence-electron chi connectivity index (χ1n) is 8.56. The van der Waals surface area contributed by atoms with Gasteiger partial charge in [-0.05, 0) is 49.2 Å². The fourth-order valence-electron chi connectivity index (χ4n) is 3.20. The first-order valence-corrected chi connectivity index (χ1v) is 9.76. The average Bonchev–Trinajstić information content (AvgIpc) is 3.08. The van der Waals surface area contributed by atoms with E-state index in [4.69, 9.17) is 11.6 Å². The van der Waals surface area contributed by atoms with Crippen molar-refractivity contribution < 1.29 is 13.6 Å². The van der Waals surface area contributed by atoms with Crippen molar-refractivity contribution in [1.82, 2.24) is 4.98 Å². The van der Waals surface area contributed by atoms with Crippen molar-refractivity contribution in [2.45, 2.75) is 12.8 Å². The third-order valence-electron chi connectivity index (χ3n) is 4.59. The van der Waals surface area contributed by atoms with Crippen LogP contribution in [0.2, 0.25) is 5.02 Å². The monoisotopic (exact) mass is 407 g/mol. The second kappa shape index (κ2) is 7.40. The Kier molecular flexibility index (Phi) is 4.97. The van der Waals surface area contributed by atoms with Crippen molar-refractivity contribution in [3.8, 4) is 0 Å². The van der Waals surface area contributed by atoms with Crippen molar-refractivity contribution in [2.24, 2.45) is 5.92 Å². The molecule has 1 unspecified atom stereocenters. The fraction of sp³-hybridized carbons (Fsp3) is 0.263. The number of carbonyl (C=O) groups excluding carboxylic acids is 1. The van der Waals surface area contributed by atoms with Crippen LogP contribution in [0.4, 0.5) is 19.6 Å². The van der Waals surface area contributed by atoms with Crippen LogP contribution in [0.3, 0.4) is 0 Å². The molecular weight excluding hydrogens is 392 g/mol. The van der Waals surface area contributed by atoms with E-state index in [-0.39, 0.29) is 22.7 Å². The van der Waals surface area contributed by atoms with Crippen LogP contribution in [0.5, 0.6) is 0 Å². The zero-order valence-corrected chi connectivity index (χ0v) is 15.8. The van der Waals surface area contributed by atoms with Gasteiger partial charge in [-0.15, -0.1) is 0 Å². The van der Waals surface area contributed by atoms with E-state index in [1.165, 1.54) is 41.7 Å². The number of nitrogens with zero attached hydrogens (tertiary/aromatic N) is 2. The third-order valence-corrected chi connectivity index (χ3v) is 5.96. The van der Waals surface area contributed by atoms with Gasteiger partial charge in [0, 0.05) is 18.8 Å². The van der Waals surface area contributed by atoms with Gasteiger partial charge in [-0.1, -0.05) is 22.9 Å². The zero-order chi connectivity index (χ0) is 19.0. The van der Waals surface area contributed by atoms with Gasteiger partial charge < -0.3 is 10.2 Å². The maximum absolute atomic E-state index is 13.4. The second-order valence-electron chi connectivity index (χ2n) is 6.51. The molecule has 8 heteroatoms. The lowest BCUT2D eigenvalue weighted by Crippen LogP contribution is -2.40. The lowest BCUT2D eigenvalue weighted by molar-refractivity contribution is -0.120. The van der Waals surface area contributed by atoms with Gasteiger partial charge in [-0.3, -0.25) is 4.79 Å². The Morgan fingerprint density at radius 1 is 1.26 bits per heavy atom. The molecule has 3 aromatic rings. The van der Waals surface area contributed by atoms with E-state index in [0.29, 0.717) is 12.2 Å². The maximum Gasteiger partial charge on any atom is 0.229 e. The molecular formula is C19H16ClF2N3OS. The number of hydrogen-bond acceptors (Lipinski definition) is 4. The molecule has 2 aromatic carbocycles. The summed E-state index contributed by atoms with van der Waals surface area (Å²) in [5.74, 6) is -1.15. The molecule has 4 rings (SSSR count). The van der Waals surface area contributed by atoms with E-state index >= 15 is 0 Å². The van der Waals surface area contributed by atoms with E-state index in [9.17, 15) is 13.6 Å². The van der Waals surface area contributed by atoms with Gasteiger partial charge in [0.15, 0.2) is 5.13 Å². The Labute approximate surface area is 163 Å². The highest BCUT2D eigenvalue weighted by Gasteiger charge is 2.27. The zero-order valence-electron chi connectivity index (χ0n) is 14.2. The molecule has 0 aliphatic carbocycles. The summed E-state index contributed by atoms with van der Waals surface area (Å²) in [7, 11) is 0. The number of piperidine rings is 1. The van der Waals surface area contributed by atoms with Crippen LogP contribution in [0.1, 0.15) is 12.8 Å². The van der Waals surface area contributed by atoms with E-state index in [1.54, 1.807) is 6.07 Å². The Morgan fingerprint density at radius 3 is 2.93 bits per heavy atom. The molecule has 2 heterocycles. The Bertz CT molecular complexity index is 1010. The molecule has 0 saturated carbocycles. The molecule has 140 valence electrons. The summed E-state index contributed by atoms with van der Waals surface area (Å²) in [6, 6.07) is 8.65. The summed E-state index contributed by atoms with van der Waals surface area (Å²) in [5, 5.41) is 3.56. The lowest BCUT2D eigenvalue weighted by atomic mass is 9.97. The fourth-order valence-corrected chi connectivity index (χ4v) is 4.41. The van der Waals surface area contributed by atoms with Gasteiger partial charge in [-0.2, -0.15) is 0 Å². The molecule has 1 amide bonds. The number of hydrogen-bond donors (Lipinski definition) is 1. The van der Waals surface area contributed by atoms with Gasteiger partial charge in [0.2, 0.25) is 5.91 Å². The van der Waals surface area contributed by atoms with Crippen LogP contribution in [-0.2, 0) is 4.79 Å². The number of aromatic nitrogens is 1. The number of halogens is 3. The molecule has 1 atom stereocenters. The molecule has 1 aromatic heterocycles. The molecule has 0 spiro atoms. The van der Waals surface area contributed by atoms with E-state index in [0.717, 1.165) is 34.7 Å². The minimum Gasteiger partial charge on any atom is -0.347 e. The SMILES string of the molecule is O=C(Nc1ccc(F)c(Cl)c1)C1CCCN(c2nc3ccc(F)cc3s2)C1. The summed E-state index contributed by atoms with van der Waals surface area (Å²) < 4.78 is 27.4. The molecule has 0 bridgehead atoms. The van der Waals surface area contributed by atoms with Gasteiger partial charge >= 0.3 is 0 Å². The van der Waals surface area contributed by atoms with Crippen molar-refractivity contribution in [3.63, 3.8) is 0 Å². The number of fused-ring (bicyclic) bond motifs is 1. The normalized spacial score (nSPS) is 17.3. The first kappa shape index (κ1) is 18.1. The van der Waals surface area contributed by atoms with Crippen molar-refractivity contribution >= 4 is 49.9 Å². The summed E-state index contributed by atoms with van der Waals surface area (Å²) in [6.45, 7) is 1.33. The molecule has 1 aliphatic rings. The largest absolute Gasteiger partial charge is 0.347 e. The third kappa shape index (κ3) is 3.89. The highest BCUT2D eigenvalue weighted by atomic mass is 35.5. The quantitative estimate of drug-likeness (QED) is 0.658. The van der Waals surface area contributed by atoms with E-state index in [2.05, 4.69) is 15.2 Å². The number of benzene rings is 2. The number of amides is 1. The van der Waals surface area contributed by atoms with Gasteiger partial charge in [0.1, 0.15) is 11.6 Å². The van der Waals surface area contributed by atoms with Crippen LogP contribution in [0.25, 0.3) is 10.2 Å². The van der Waals surface area contributed by atoms with E-state index < -0.39 is 5.82 Å². The molecule has 1 aliphatic heterocycles. The minimum absolute atomic E-state index is 0.0280. The highest BCUT2D eigenvalue weighted by Crippen LogP contribution is 2.32. The summed E-state index contributed by atoms with van der Waals surface area (Å²) in [4.78, 5) is 19.2. The number of carbonyl (C=O) groups is 1. The van der Waals surface area contributed by atoms with Crippen molar-refractivity contribution in [2.75, 3.05) is 23.3 Å². The molecule has 1 fully saturated rings. The van der Waals surface area contributed by atoms with Crippen LogP contribution in [0.15, 0.2) is 36.4 Å². The minimum atomic E-state index is -0.522. The summed E-state index contributed by atoms with van der Waals surface area (Å²) in [5.41, 5.74) is 1.22. The summed E-state index contributed by atoms with van der Waals surface area (Å²) >= 11 is 7.19. The Hall–Kier alpha value is -2.25. The molecule has 1 saturated heterocycles. The predicted octanol–water partition coefficient (Wildman–Crippen LogP) is 5.08. The number of rotatable bonds is 3. The molecule has 4 nitrogen and oxygen atoms in total. The average molecular weight is 408 g/mol. The van der Waals surface area contributed by atoms with Crippen LogP contribution in [-0.4, -0.2) is 24.0 Å². The highest BCUT2D eigenvalue weighted by molar-refractivity contribution is 7.22. The number of nitrogens with one attached hydrogen (secondary N) is 1.